The molecule has 1 aliphatic heterocycles. The second kappa shape index (κ2) is 8.74. The molecule has 30 heavy (non-hydrogen) atoms. The van der Waals surface area contributed by atoms with Gasteiger partial charge in [-0.3, -0.25) is 19.1 Å². The summed E-state index contributed by atoms with van der Waals surface area (Å²) in [4.78, 5) is 27.5. The topological polar surface area (TPSA) is 54.3 Å². The van der Waals surface area contributed by atoms with Crippen molar-refractivity contribution in [3.8, 4) is 0 Å². The molecule has 0 radical (unpaired) electrons. The molecule has 1 aliphatic rings. The molecule has 4 rings (SSSR count). The molecule has 5 nitrogen and oxygen atoms in total. The number of amides is 1. The Morgan fingerprint density at radius 2 is 1.90 bits per heavy atom. The predicted molar refractivity (Wildman–Crippen MR) is 124 cm³/mol. The Hall–Kier alpha value is -2.44. The number of aryl methyl sites for hydroxylation is 1. The molecule has 0 unspecified atom stereocenters. The zero-order valence-electron chi connectivity index (χ0n) is 17.9. The van der Waals surface area contributed by atoms with Gasteiger partial charge in [0.2, 0.25) is 5.91 Å². The third-order valence-corrected chi connectivity index (χ3v) is 6.93. The summed E-state index contributed by atoms with van der Waals surface area (Å²) in [7, 11) is 0. The van der Waals surface area contributed by atoms with Crippen LogP contribution in [0.15, 0.2) is 47.3 Å². The van der Waals surface area contributed by atoms with Crippen LogP contribution >= 0.6 is 11.3 Å². The average Bonchev–Trinajstić information content (AvgIpc) is 3.05. The van der Waals surface area contributed by atoms with Crippen LogP contribution in [0.3, 0.4) is 0 Å². The molecule has 1 N–H and O–H groups in total. The van der Waals surface area contributed by atoms with Crippen LogP contribution in [0.25, 0.3) is 10.2 Å². The Morgan fingerprint density at radius 1 is 1.17 bits per heavy atom. The summed E-state index contributed by atoms with van der Waals surface area (Å²) in [5, 5.41) is 3.07. The van der Waals surface area contributed by atoms with Crippen LogP contribution in [0.2, 0.25) is 0 Å². The number of carbonyl (C=O) groups is 1. The number of hydrogen-bond donors (Lipinski definition) is 1. The number of piperidine rings is 1. The molecule has 6 heteroatoms. The van der Waals surface area contributed by atoms with E-state index in [9.17, 15) is 9.59 Å². The van der Waals surface area contributed by atoms with Crippen molar-refractivity contribution in [1.29, 1.82) is 0 Å². The van der Waals surface area contributed by atoms with Crippen molar-refractivity contribution in [3.63, 3.8) is 0 Å². The van der Waals surface area contributed by atoms with E-state index >= 15 is 0 Å². The zero-order chi connectivity index (χ0) is 21.3. The maximum atomic E-state index is 12.8. The van der Waals surface area contributed by atoms with Gasteiger partial charge < -0.3 is 5.32 Å². The van der Waals surface area contributed by atoms with Crippen LogP contribution < -0.4 is 10.2 Å². The van der Waals surface area contributed by atoms with Crippen molar-refractivity contribution in [2.24, 2.45) is 5.92 Å². The monoisotopic (exact) mass is 423 g/mol. The van der Waals surface area contributed by atoms with E-state index in [0.29, 0.717) is 0 Å². The highest BCUT2D eigenvalue weighted by molar-refractivity contribution is 7.16. The maximum Gasteiger partial charge on any atom is 0.308 e. The van der Waals surface area contributed by atoms with Crippen molar-refractivity contribution >= 4 is 33.1 Å². The lowest BCUT2D eigenvalue weighted by Gasteiger charge is -2.31. The van der Waals surface area contributed by atoms with Crippen molar-refractivity contribution in [2.45, 2.75) is 46.2 Å². The fourth-order valence-electron chi connectivity index (χ4n) is 4.23. The number of nitrogens with zero attached hydrogens (tertiary/aromatic N) is 2. The van der Waals surface area contributed by atoms with E-state index in [1.165, 1.54) is 22.5 Å². The van der Waals surface area contributed by atoms with Gasteiger partial charge in [-0.1, -0.05) is 35.6 Å². The summed E-state index contributed by atoms with van der Waals surface area (Å²) in [6, 6.07) is 14.4. The van der Waals surface area contributed by atoms with Crippen LogP contribution in [0.1, 0.15) is 43.9 Å². The summed E-state index contributed by atoms with van der Waals surface area (Å²) in [5.74, 6) is 0.119. The van der Waals surface area contributed by atoms with Gasteiger partial charge in [0.25, 0.3) is 0 Å². The first-order chi connectivity index (χ1) is 14.4. The summed E-state index contributed by atoms with van der Waals surface area (Å²) >= 11 is 1.24. The van der Waals surface area contributed by atoms with E-state index < -0.39 is 0 Å². The maximum absolute atomic E-state index is 12.8. The van der Waals surface area contributed by atoms with Crippen LogP contribution in [0, 0.1) is 12.8 Å². The number of thiazole rings is 1. The zero-order valence-corrected chi connectivity index (χ0v) is 18.7. The number of hydrogen-bond acceptors (Lipinski definition) is 4. The smallest absolute Gasteiger partial charge is 0.308 e. The molecular weight excluding hydrogens is 394 g/mol. The van der Waals surface area contributed by atoms with Crippen LogP contribution in [-0.2, 0) is 11.3 Å². The molecule has 1 fully saturated rings. The minimum Gasteiger partial charge on any atom is -0.326 e. The Morgan fingerprint density at radius 3 is 2.60 bits per heavy atom. The summed E-state index contributed by atoms with van der Waals surface area (Å²) in [6.07, 6.45) is 1.74. The van der Waals surface area contributed by atoms with Gasteiger partial charge >= 0.3 is 4.87 Å². The molecule has 2 heterocycles. The number of benzene rings is 2. The molecule has 0 spiro atoms. The Labute approximate surface area is 181 Å². The third-order valence-electron chi connectivity index (χ3n) is 6.01. The number of likely N-dealkylation sites (tertiary alicyclic amines) is 1. The molecule has 0 saturated carbocycles. The molecule has 2 aromatic carbocycles. The Bertz CT molecular complexity index is 1110. The Kier molecular flexibility index (Phi) is 6.06. The fraction of sp³-hybridized carbons (Fsp3) is 0.417. The highest BCUT2D eigenvalue weighted by Gasteiger charge is 2.25. The van der Waals surface area contributed by atoms with Crippen LogP contribution in [0.4, 0.5) is 5.69 Å². The van der Waals surface area contributed by atoms with Crippen LogP contribution in [-0.4, -0.2) is 28.5 Å². The molecule has 1 aromatic heterocycles. The summed E-state index contributed by atoms with van der Waals surface area (Å²) in [6.45, 7) is 8.99. The van der Waals surface area contributed by atoms with Crippen molar-refractivity contribution in [3.05, 3.63) is 63.3 Å². The minimum atomic E-state index is 0.0350. The first-order valence-corrected chi connectivity index (χ1v) is 11.5. The number of carbonyl (C=O) groups excluding carboxylic acids is 1. The van der Waals surface area contributed by atoms with Gasteiger partial charge in [-0.15, -0.1) is 0 Å². The molecular formula is C24H29N3O2S. The second-order valence-electron chi connectivity index (χ2n) is 8.48. The van der Waals surface area contributed by atoms with E-state index in [-0.39, 0.29) is 22.7 Å². The minimum absolute atomic E-state index is 0.0350. The molecule has 0 atom stereocenters. The van der Waals surface area contributed by atoms with E-state index in [0.717, 1.165) is 48.4 Å². The molecule has 0 bridgehead atoms. The summed E-state index contributed by atoms with van der Waals surface area (Å²) in [5.41, 5.74) is 4.39. The largest absolute Gasteiger partial charge is 0.326 e. The quantitative estimate of drug-likeness (QED) is 0.641. The van der Waals surface area contributed by atoms with Gasteiger partial charge in [-0.25, -0.2) is 0 Å². The van der Waals surface area contributed by atoms with Gasteiger partial charge in [0.15, 0.2) is 0 Å². The van der Waals surface area contributed by atoms with E-state index in [2.05, 4.69) is 41.4 Å². The van der Waals surface area contributed by atoms with Gasteiger partial charge in [0, 0.05) is 24.2 Å². The first-order valence-electron chi connectivity index (χ1n) is 10.6. The van der Waals surface area contributed by atoms with E-state index in [1.54, 1.807) is 4.57 Å². The van der Waals surface area contributed by atoms with Crippen molar-refractivity contribution < 1.29 is 4.79 Å². The lowest BCUT2D eigenvalue weighted by atomic mass is 9.95. The lowest BCUT2D eigenvalue weighted by molar-refractivity contribution is -0.121. The molecule has 1 amide bonds. The van der Waals surface area contributed by atoms with Gasteiger partial charge in [-0.2, -0.15) is 0 Å². The lowest BCUT2D eigenvalue weighted by Crippen LogP contribution is -2.37. The SMILES string of the molecule is Cc1ccccc1CN1CCC(C(=O)Nc2ccc3c(c2)sc(=O)n3C(C)C)CC1. The number of anilines is 1. The summed E-state index contributed by atoms with van der Waals surface area (Å²) < 4.78 is 2.72. The number of rotatable bonds is 5. The third kappa shape index (κ3) is 4.35. The van der Waals surface area contributed by atoms with Crippen molar-refractivity contribution in [2.75, 3.05) is 18.4 Å². The highest BCUT2D eigenvalue weighted by Crippen LogP contribution is 2.26. The van der Waals surface area contributed by atoms with E-state index in [4.69, 9.17) is 0 Å². The molecule has 158 valence electrons. The predicted octanol–water partition coefficient (Wildman–Crippen LogP) is 4.80. The molecule has 3 aromatic rings. The number of aromatic nitrogens is 1. The van der Waals surface area contributed by atoms with Gasteiger partial charge in [-0.05, 0) is 76.0 Å². The van der Waals surface area contributed by atoms with Crippen LogP contribution in [0.5, 0.6) is 0 Å². The average molecular weight is 424 g/mol. The molecule has 1 saturated heterocycles. The van der Waals surface area contributed by atoms with Gasteiger partial charge in [0.1, 0.15) is 0 Å². The molecule has 0 aliphatic carbocycles. The normalized spacial score (nSPS) is 15.7. The Balaban J connectivity index is 1.37. The highest BCUT2D eigenvalue weighted by atomic mass is 32.1. The van der Waals surface area contributed by atoms with Crippen molar-refractivity contribution in [1.82, 2.24) is 9.47 Å². The fourth-order valence-corrected chi connectivity index (χ4v) is 5.28. The number of nitrogens with one attached hydrogen (secondary N) is 1. The first kappa shape index (κ1) is 20.8. The standard InChI is InChI=1S/C24H29N3O2S/c1-16(2)27-21-9-8-20(14-22(21)30-24(27)29)25-23(28)18-10-12-26(13-11-18)15-19-7-5-4-6-17(19)3/h4-9,14,16,18H,10-13,15H2,1-3H3,(H,25,28). The van der Waals surface area contributed by atoms with Gasteiger partial charge in [0.05, 0.1) is 10.2 Å². The second-order valence-corrected chi connectivity index (χ2v) is 9.47. The van der Waals surface area contributed by atoms with E-state index in [1.807, 2.05) is 32.0 Å². The number of fused-ring (bicyclic) bond motifs is 1.